The van der Waals surface area contributed by atoms with E-state index in [1.54, 1.807) is 12.1 Å². The minimum atomic E-state index is -1.08. The molecule has 1 aromatic carbocycles. The Hall–Kier alpha value is -3.05. The fourth-order valence-electron chi connectivity index (χ4n) is 4.01. The van der Waals surface area contributed by atoms with Gasteiger partial charge in [-0.3, -0.25) is 4.98 Å². The van der Waals surface area contributed by atoms with E-state index < -0.39 is 18.2 Å². The van der Waals surface area contributed by atoms with E-state index in [0.717, 1.165) is 23.3 Å². The molecule has 0 aliphatic carbocycles. The Morgan fingerprint density at radius 2 is 1.94 bits per heavy atom. The van der Waals surface area contributed by atoms with Crippen LogP contribution < -0.4 is 19.5 Å². The Kier molecular flexibility index (Phi) is 6.73. The first-order valence-electron chi connectivity index (χ1n) is 11.1. The Bertz CT molecular complexity index is 1160. The van der Waals surface area contributed by atoms with Gasteiger partial charge in [-0.25, -0.2) is 9.37 Å². The zero-order valence-electron chi connectivity index (χ0n) is 18.7. The van der Waals surface area contributed by atoms with Crippen molar-refractivity contribution in [3.63, 3.8) is 0 Å². The van der Waals surface area contributed by atoms with Crippen LogP contribution in [0.3, 0.4) is 0 Å². The number of methoxy groups -OCH3 is 1. The molecular formula is C24H26FN3O6. The second-order valence-corrected chi connectivity index (χ2v) is 8.17. The van der Waals surface area contributed by atoms with E-state index in [-0.39, 0.29) is 18.0 Å². The number of pyridine rings is 2. The van der Waals surface area contributed by atoms with Crippen LogP contribution in [0, 0.1) is 5.82 Å². The second-order valence-electron chi connectivity index (χ2n) is 8.17. The number of aliphatic hydroxyl groups is 1. The van der Waals surface area contributed by atoms with Gasteiger partial charge in [-0.1, -0.05) is 6.07 Å². The monoisotopic (exact) mass is 471 g/mol. The Morgan fingerprint density at radius 3 is 2.74 bits per heavy atom. The van der Waals surface area contributed by atoms with Crippen molar-refractivity contribution in [2.45, 2.75) is 31.4 Å². The molecule has 1 atom stereocenters. The van der Waals surface area contributed by atoms with Crippen molar-refractivity contribution < 1.29 is 33.2 Å². The molecule has 0 amide bonds. The maximum atomic E-state index is 14.5. The molecule has 9 nitrogen and oxygen atoms in total. The highest BCUT2D eigenvalue weighted by Crippen LogP contribution is 2.31. The van der Waals surface area contributed by atoms with Gasteiger partial charge in [0.1, 0.15) is 25.1 Å². The van der Waals surface area contributed by atoms with Gasteiger partial charge in [0.25, 0.3) is 0 Å². The molecule has 5 rings (SSSR count). The van der Waals surface area contributed by atoms with Crippen LogP contribution >= 0.6 is 0 Å². The highest BCUT2D eigenvalue weighted by Gasteiger charge is 2.29. The molecule has 2 aromatic heterocycles. The van der Waals surface area contributed by atoms with Crippen LogP contribution in [-0.2, 0) is 22.4 Å². The molecule has 0 unspecified atom stereocenters. The topological polar surface area (TPSA) is 104 Å². The second kappa shape index (κ2) is 10.1. The number of rotatable bonds is 7. The fourth-order valence-corrected chi connectivity index (χ4v) is 4.01. The lowest BCUT2D eigenvalue weighted by Gasteiger charge is -2.32. The van der Waals surface area contributed by atoms with Gasteiger partial charge >= 0.3 is 0 Å². The van der Waals surface area contributed by atoms with Crippen molar-refractivity contribution in [2.24, 2.45) is 0 Å². The smallest absolute Gasteiger partial charge is 0.213 e. The molecule has 4 heterocycles. The first-order valence-corrected chi connectivity index (χ1v) is 11.1. The largest absolute Gasteiger partial charge is 0.486 e. The molecule has 0 bridgehead atoms. The summed E-state index contributed by atoms with van der Waals surface area (Å²) < 4.78 is 42.3. The minimum absolute atomic E-state index is 0.0367. The van der Waals surface area contributed by atoms with Gasteiger partial charge in [0.2, 0.25) is 5.88 Å². The van der Waals surface area contributed by atoms with Crippen LogP contribution in [0.25, 0.3) is 11.0 Å². The summed E-state index contributed by atoms with van der Waals surface area (Å²) in [6.45, 7) is 2.39. The lowest BCUT2D eigenvalue weighted by molar-refractivity contribution is -0.230. The van der Waals surface area contributed by atoms with Crippen molar-refractivity contribution in [2.75, 3.05) is 33.5 Å². The van der Waals surface area contributed by atoms with Gasteiger partial charge in [-0.2, -0.15) is 0 Å². The van der Waals surface area contributed by atoms with Crippen LogP contribution in [0.2, 0.25) is 0 Å². The lowest BCUT2D eigenvalue weighted by Crippen LogP contribution is -2.48. The van der Waals surface area contributed by atoms with Crippen molar-refractivity contribution in [1.82, 2.24) is 15.3 Å². The maximum Gasteiger partial charge on any atom is 0.213 e. The lowest BCUT2D eigenvalue weighted by atomic mass is 10.1. The zero-order chi connectivity index (χ0) is 23.5. The molecular weight excluding hydrogens is 445 g/mol. The molecule has 2 aliphatic rings. The summed E-state index contributed by atoms with van der Waals surface area (Å²) in [6.07, 6.45) is -0.864. The summed E-state index contributed by atoms with van der Waals surface area (Å²) >= 11 is 0. The molecule has 180 valence electrons. The predicted molar refractivity (Wildman–Crippen MR) is 120 cm³/mol. The van der Waals surface area contributed by atoms with Gasteiger partial charge in [0.15, 0.2) is 17.8 Å². The summed E-state index contributed by atoms with van der Waals surface area (Å²) in [5, 5.41) is 14.1. The third-order valence-electron chi connectivity index (χ3n) is 5.80. The molecule has 1 fully saturated rings. The van der Waals surface area contributed by atoms with Gasteiger partial charge < -0.3 is 34.1 Å². The van der Waals surface area contributed by atoms with Crippen LogP contribution in [0.4, 0.5) is 4.39 Å². The molecule has 0 radical (unpaired) electrons. The van der Waals surface area contributed by atoms with E-state index in [4.69, 9.17) is 23.7 Å². The summed E-state index contributed by atoms with van der Waals surface area (Å²) in [5.41, 5.74) is 2.14. The van der Waals surface area contributed by atoms with Crippen molar-refractivity contribution in [1.29, 1.82) is 0 Å². The molecule has 2 N–H and O–H groups in total. The number of benzene rings is 1. The van der Waals surface area contributed by atoms with Crippen LogP contribution in [0.1, 0.15) is 11.1 Å². The number of fused-ring (bicyclic) bond motifs is 2. The number of hydrogen-bond acceptors (Lipinski definition) is 9. The van der Waals surface area contributed by atoms with Gasteiger partial charge in [0.05, 0.1) is 43.6 Å². The maximum absolute atomic E-state index is 14.5. The molecule has 0 spiro atoms. The normalized spacial score (nSPS) is 20.8. The van der Waals surface area contributed by atoms with Crippen molar-refractivity contribution >= 4 is 11.0 Å². The fraction of sp³-hybridized carbons (Fsp3) is 0.417. The highest BCUT2D eigenvalue weighted by atomic mass is 19.1. The number of aliphatic hydroxyl groups excluding tert-OH is 1. The van der Waals surface area contributed by atoms with Crippen LogP contribution in [-0.4, -0.2) is 67.0 Å². The Morgan fingerprint density at radius 1 is 1.15 bits per heavy atom. The molecule has 3 aromatic rings. The third kappa shape index (κ3) is 4.90. The average molecular weight is 471 g/mol. The van der Waals surface area contributed by atoms with E-state index >= 15 is 0 Å². The number of nitrogens with zero attached hydrogens (tertiary/aromatic N) is 2. The van der Waals surface area contributed by atoms with Gasteiger partial charge in [-0.05, 0) is 23.8 Å². The Labute approximate surface area is 195 Å². The summed E-state index contributed by atoms with van der Waals surface area (Å²) in [7, 11) is 1.48. The van der Waals surface area contributed by atoms with E-state index in [2.05, 4.69) is 15.3 Å². The number of ether oxygens (including phenoxy) is 5. The molecule has 2 aliphatic heterocycles. The van der Waals surface area contributed by atoms with Crippen molar-refractivity contribution in [3.8, 4) is 17.4 Å². The number of hydrogen-bond donors (Lipinski definition) is 2. The summed E-state index contributed by atoms with van der Waals surface area (Å²) in [6, 6.07) is 9.13. The van der Waals surface area contributed by atoms with Gasteiger partial charge in [0, 0.05) is 24.6 Å². The molecule has 0 saturated carbocycles. The molecule has 1 saturated heterocycles. The van der Waals surface area contributed by atoms with Crippen molar-refractivity contribution in [3.05, 3.63) is 53.5 Å². The Balaban J connectivity index is 1.16. The highest BCUT2D eigenvalue weighted by molar-refractivity contribution is 5.78. The standard InChI is InChI=1S/C24H26FN3O6/c1-30-22-5-3-18-23(28-22)16(17(25)11-27-18)9-19(29)24-33-12-15(13-34-24)26-10-14-2-4-20-21(8-14)32-7-6-31-20/h2-5,8,11,15,19,24,26,29H,6-7,9-10,12-13H2,1H3/t15?,19-,24?/m0/s1. The quantitative estimate of drug-likeness (QED) is 0.535. The van der Waals surface area contributed by atoms with E-state index in [0.29, 0.717) is 49.9 Å². The van der Waals surface area contributed by atoms with E-state index in [1.165, 1.54) is 7.11 Å². The van der Waals surface area contributed by atoms with Gasteiger partial charge in [-0.15, -0.1) is 0 Å². The summed E-state index contributed by atoms with van der Waals surface area (Å²) in [4.78, 5) is 8.36. The van der Waals surface area contributed by atoms with Crippen LogP contribution in [0.15, 0.2) is 36.5 Å². The number of aromatic nitrogens is 2. The molecule has 34 heavy (non-hydrogen) atoms. The number of nitrogens with one attached hydrogen (secondary N) is 1. The number of halogens is 1. The van der Waals surface area contributed by atoms with E-state index in [9.17, 15) is 9.50 Å². The summed E-state index contributed by atoms with van der Waals surface area (Å²) in [5.74, 6) is 1.28. The third-order valence-corrected chi connectivity index (χ3v) is 5.80. The SMILES string of the molecule is COc1ccc2ncc(F)c(C[C@H](O)C3OCC(NCc4ccc5c(c4)OCCO5)CO3)c2n1. The predicted octanol–water partition coefficient (Wildman–Crippen LogP) is 1.98. The van der Waals surface area contributed by atoms with Crippen LogP contribution in [0.5, 0.6) is 17.4 Å². The average Bonchev–Trinajstić information content (AvgIpc) is 2.89. The first-order chi connectivity index (χ1) is 16.6. The molecule has 10 heteroatoms. The van der Waals surface area contributed by atoms with E-state index in [1.807, 2.05) is 18.2 Å². The zero-order valence-corrected chi connectivity index (χ0v) is 18.7. The minimum Gasteiger partial charge on any atom is -0.486 e. The first kappa shape index (κ1) is 22.7.